The highest BCUT2D eigenvalue weighted by atomic mass is 16.5. The van der Waals surface area contributed by atoms with Gasteiger partial charge in [-0.3, -0.25) is 4.79 Å². The molecule has 0 aliphatic carbocycles. The lowest BCUT2D eigenvalue weighted by Crippen LogP contribution is -2.32. The van der Waals surface area contributed by atoms with E-state index in [0.717, 1.165) is 17.5 Å². The first kappa shape index (κ1) is 15.6. The number of fused-ring (bicyclic) bond motifs is 1. The van der Waals surface area contributed by atoms with Crippen molar-refractivity contribution in [1.82, 2.24) is 10.5 Å². The van der Waals surface area contributed by atoms with Crippen LogP contribution in [0.15, 0.2) is 65.2 Å². The Balaban J connectivity index is 1.43. The highest BCUT2D eigenvalue weighted by Gasteiger charge is 2.22. The van der Waals surface area contributed by atoms with E-state index in [1.54, 1.807) is 6.07 Å². The van der Waals surface area contributed by atoms with Gasteiger partial charge in [0.15, 0.2) is 11.5 Å². The Morgan fingerprint density at radius 1 is 1.12 bits per heavy atom. The quantitative estimate of drug-likeness (QED) is 0.794. The molecule has 0 saturated carbocycles. The molecule has 1 aromatic heterocycles. The van der Waals surface area contributed by atoms with Crippen molar-refractivity contribution in [3.63, 3.8) is 0 Å². The molecular weight excluding hydrogens is 316 g/mol. The smallest absolute Gasteiger partial charge is 0.273 e. The van der Waals surface area contributed by atoms with Crippen LogP contribution < -0.4 is 5.32 Å². The summed E-state index contributed by atoms with van der Waals surface area (Å²) in [7, 11) is 0. The summed E-state index contributed by atoms with van der Waals surface area (Å²) in [5.41, 5.74) is 3.57. The maximum atomic E-state index is 12.4. The van der Waals surface area contributed by atoms with Gasteiger partial charge in [0.05, 0.1) is 6.61 Å². The zero-order valence-corrected chi connectivity index (χ0v) is 13.6. The molecule has 0 fully saturated rings. The average Bonchev–Trinajstić information content (AvgIpc) is 3.17. The molecule has 126 valence electrons. The first-order chi connectivity index (χ1) is 12.3. The molecule has 2 heterocycles. The fourth-order valence-electron chi connectivity index (χ4n) is 3.04. The lowest BCUT2D eigenvalue weighted by atomic mass is 9.97. The summed E-state index contributed by atoms with van der Waals surface area (Å²) < 4.78 is 11.1. The molecular formula is C20H18N2O3. The van der Waals surface area contributed by atoms with Gasteiger partial charge >= 0.3 is 0 Å². The van der Waals surface area contributed by atoms with E-state index in [9.17, 15) is 4.79 Å². The van der Waals surface area contributed by atoms with Gasteiger partial charge in [0.25, 0.3) is 5.91 Å². The van der Waals surface area contributed by atoms with Crippen molar-refractivity contribution >= 4 is 5.91 Å². The van der Waals surface area contributed by atoms with Gasteiger partial charge in [-0.25, -0.2) is 0 Å². The third kappa shape index (κ3) is 3.32. The van der Waals surface area contributed by atoms with Crippen molar-refractivity contribution < 1.29 is 14.1 Å². The highest BCUT2D eigenvalue weighted by Crippen LogP contribution is 2.26. The molecule has 4 rings (SSSR count). The van der Waals surface area contributed by atoms with Crippen LogP contribution in [0.2, 0.25) is 0 Å². The number of amides is 1. The van der Waals surface area contributed by atoms with E-state index in [1.807, 2.05) is 42.5 Å². The SMILES string of the molecule is O=C(NCC1OCCc2ccccc21)c1cc(-c2ccccc2)on1. The van der Waals surface area contributed by atoms with E-state index in [2.05, 4.69) is 22.6 Å². The topological polar surface area (TPSA) is 64.4 Å². The Labute approximate surface area is 145 Å². The van der Waals surface area contributed by atoms with E-state index < -0.39 is 0 Å². The van der Waals surface area contributed by atoms with Gasteiger partial charge in [-0.2, -0.15) is 0 Å². The summed E-state index contributed by atoms with van der Waals surface area (Å²) in [6.07, 6.45) is 0.777. The first-order valence-corrected chi connectivity index (χ1v) is 8.31. The molecule has 0 spiro atoms. The maximum Gasteiger partial charge on any atom is 0.273 e. The van der Waals surface area contributed by atoms with Crippen LogP contribution >= 0.6 is 0 Å². The van der Waals surface area contributed by atoms with Crippen molar-refractivity contribution in [2.45, 2.75) is 12.5 Å². The Morgan fingerprint density at radius 3 is 2.80 bits per heavy atom. The maximum absolute atomic E-state index is 12.4. The molecule has 2 aromatic carbocycles. The van der Waals surface area contributed by atoms with Crippen LogP contribution in [-0.2, 0) is 11.2 Å². The van der Waals surface area contributed by atoms with Crippen molar-refractivity contribution in [3.05, 3.63) is 77.5 Å². The number of nitrogens with one attached hydrogen (secondary N) is 1. The third-order valence-corrected chi connectivity index (χ3v) is 4.34. The molecule has 1 amide bonds. The second kappa shape index (κ2) is 6.91. The number of aromatic nitrogens is 1. The van der Waals surface area contributed by atoms with Crippen molar-refractivity contribution in [3.8, 4) is 11.3 Å². The van der Waals surface area contributed by atoms with Crippen LogP contribution in [0.1, 0.15) is 27.7 Å². The van der Waals surface area contributed by atoms with Crippen LogP contribution in [0.25, 0.3) is 11.3 Å². The fourth-order valence-corrected chi connectivity index (χ4v) is 3.04. The number of rotatable bonds is 4. The summed E-state index contributed by atoms with van der Waals surface area (Å²) in [6.45, 7) is 1.07. The molecule has 5 nitrogen and oxygen atoms in total. The number of benzene rings is 2. The number of hydrogen-bond donors (Lipinski definition) is 1. The predicted octanol–water partition coefficient (Wildman–Crippen LogP) is 3.39. The zero-order valence-electron chi connectivity index (χ0n) is 13.6. The fraction of sp³-hybridized carbons (Fsp3) is 0.200. The van der Waals surface area contributed by atoms with Gasteiger partial charge in [0.1, 0.15) is 6.10 Å². The van der Waals surface area contributed by atoms with Gasteiger partial charge in [0, 0.05) is 18.2 Å². The molecule has 0 bridgehead atoms. The first-order valence-electron chi connectivity index (χ1n) is 8.31. The number of carbonyl (C=O) groups is 1. The molecule has 25 heavy (non-hydrogen) atoms. The van der Waals surface area contributed by atoms with E-state index in [4.69, 9.17) is 9.26 Å². The van der Waals surface area contributed by atoms with Crippen molar-refractivity contribution in [1.29, 1.82) is 0 Å². The van der Waals surface area contributed by atoms with Gasteiger partial charge in [-0.05, 0) is 17.5 Å². The minimum atomic E-state index is -0.266. The molecule has 1 unspecified atom stereocenters. The third-order valence-electron chi connectivity index (χ3n) is 4.34. The number of nitrogens with zero attached hydrogens (tertiary/aromatic N) is 1. The van der Waals surface area contributed by atoms with Gasteiger partial charge in [-0.15, -0.1) is 0 Å². The molecule has 0 radical (unpaired) electrons. The molecule has 1 N–H and O–H groups in total. The Kier molecular flexibility index (Phi) is 4.31. The van der Waals surface area contributed by atoms with Crippen LogP contribution in [-0.4, -0.2) is 24.2 Å². The van der Waals surface area contributed by atoms with Crippen LogP contribution in [0.5, 0.6) is 0 Å². The Bertz CT molecular complexity index is 873. The van der Waals surface area contributed by atoms with Crippen LogP contribution in [0.4, 0.5) is 0 Å². The minimum absolute atomic E-state index is 0.130. The molecule has 1 aliphatic rings. The summed E-state index contributed by atoms with van der Waals surface area (Å²) in [4.78, 5) is 12.4. The molecule has 1 atom stereocenters. The van der Waals surface area contributed by atoms with E-state index >= 15 is 0 Å². The van der Waals surface area contributed by atoms with Crippen molar-refractivity contribution in [2.24, 2.45) is 0 Å². The van der Waals surface area contributed by atoms with E-state index in [1.165, 1.54) is 5.56 Å². The summed E-state index contributed by atoms with van der Waals surface area (Å²) >= 11 is 0. The lowest BCUT2D eigenvalue weighted by molar-refractivity contribution is 0.0410. The normalized spacial score (nSPS) is 16.2. The predicted molar refractivity (Wildman–Crippen MR) is 93.1 cm³/mol. The Morgan fingerprint density at radius 2 is 1.92 bits per heavy atom. The molecule has 3 aromatic rings. The Hall–Kier alpha value is -2.92. The van der Waals surface area contributed by atoms with Gasteiger partial charge < -0.3 is 14.6 Å². The molecule has 0 saturated heterocycles. The second-order valence-electron chi connectivity index (χ2n) is 5.96. The largest absolute Gasteiger partial charge is 0.371 e. The van der Waals surface area contributed by atoms with Crippen LogP contribution in [0.3, 0.4) is 0 Å². The monoisotopic (exact) mass is 334 g/mol. The summed E-state index contributed by atoms with van der Waals surface area (Å²) in [5, 5.41) is 6.76. The van der Waals surface area contributed by atoms with E-state index in [0.29, 0.717) is 18.9 Å². The number of ether oxygens (including phenoxy) is 1. The van der Waals surface area contributed by atoms with E-state index in [-0.39, 0.29) is 17.7 Å². The minimum Gasteiger partial charge on any atom is -0.371 e. The summed E-state index contributed by atoms with van der Waals surface area (Å²) in [5.74, 6) is 0.308. The molecule has 1 aliphatic heterocycles. The van der Waals surface area contributed by atoms with Gasteiger partial charge in [0.2, 0.25) is 0 Å². The second-order valence-corrected chi connectivity index (χ2v) is 5.96. The number of carbonyl (C=O) groups excluding carboxylic acids is 1. The molecule has 5 heteroatoms. The van der Waals surface area contributed by atoms with Gasteiger partial charge in [-0.1, -0.05) is 59.8 Å². The lowest BCUT2D eigenvalue weighted by Gasteiger charge is -2.26. The zero-order chi connectivity index (χ0) is 17.1. The standard InChI is InChI=1S/C20H18N2O3/c23-20(17-12-18(25-22-17)15-7-2-1-3-8-15)21-13-19-16-9-5-4-6-14(16)10-11-24-19/h1-9,12,19H,10-11,13H2,(H,21,23). The summed E-state index contributed by atoms with van der Waals surface area (Å²) in [6, 6.07) is 19.4. The average molecular weight is 334 g/mol. The number of hydrogen-bond acceptors (Lipinski definition) is 4. The van der Waals surface area contributed by atoms with Crippen LogP contribution in [0, 0.1) is 0 Å². The van der Waals surface area contributed by atoms with Crippen molar-refractivity contribution in [2.75, 3.05) is 13.2 Å². The highest BCUT2D eigenvalue weighted by molar-refractivity contribution is 5.93.